The van der Waals surface area contributed by atoms with E-state index in [4.69, 9.17) is 0 Å². The number of rotatable bonds is 6. The number of piperazine rings is 1. The van der Waals surface area contributed by atoms with Crippen molar-refractivity contribution in [3.63, 3.8) is 0 Å². The van der Waals surface area contributed by atoms with Gasteiger partial charge in [-0.3, -0.25) is 9.69 Å². The summed E-state index contributed by atoms with van der Waals surface area (Å²) >= 11 is 0. The fourth-order valence-corrected chi connectivity index (χ4v) is 3.79. The summed E-state index contributed by atoms with van der Waals surface area (Å²) in [4.78, 5) is 23.9. The number of alkyl halides is 3. The van der Waals surface area contributed by atoms with Gasteiger partial charge in [-0.05, 0) is 31.9 Å². The highest BCUT2D eigenvalue weighted by Gasteiger charge is 2.31. The van der Waals surface area contributed by atoms with Crippen LogP contribution in [0.4, 0.5) is 19.1 Å². The van der Waals surface area contributed by atoms with Gasteiger partial charge in [-0.1, -0.05) is 18.2 Å². The van der Waals surface area contributed by atoms with E-state index in [2.05, 4.69) is 25.1 Å². The standard InChI is InChI=1S/C21H23F3N6O/c22-21(23,24)15-13-25-20(26-14-15)30-11-9-29(10-12-30)8-4-3-7-18-16-5-1-2-6-17(16)19(31)28-27-18/h1-2,5-6,13-14H,3-4,7-12H2,(H,28,31). The largest absolute Gasteiger partial charge is 0.419 e. The number of hydrogen-bond acceptors (Lipinski definition) is 6. The zero-order valence-corrected chi connectivity index (χ0v) is 16.9. The maximum Gasteiger partial charge on any atom is 0.419 e. The molecule has 1 aromatic carbocycles. The molecule has 4 rings (SSSR count). The van der Waals surface area contributed by atoms with E-state index in [1.54, 1.807) is 6.07 Å². The average Bonchev–Trinajstić information content (AvgIpc) is 2.78. The van der Waals surface area contributed by atoms with Crippen LogP contribution in [0.25, 0.3) is 10.8 Å². The summed E-state index contributed by atoms with van der Waals surface area (Å²) in [7, 11) is 0. The normalized spacial score (nSPS) is 15.5. The molecule has 10 heteroatoms. The molecule has 1 aliphatic rings. The van der Waals surface area contributed by atoms with Crippen LogP contribution in [-0.2, 0) is 12.6 Å². The Kier molecular flexibility index (Phi) is 6.17. The number of anilines is 1. The average molecular weight is 432 g/mol. The lowest BCUT2D eigenvalue weighted by molar-refractivity contribution is -0.138. The Bertz CT molecular complexity index is 1070. The lowest BCUT2D eigenvalue weighted by Gasteiger charge is -2.34. The highest BCUT2D eigenvalue weighted by atomic mass is 19.4. The molecule has 7 nitrogen and oxygen atoms in total. The third-order valence-corrected chi connectivity index (χ3v) is 5.53. The maximum atomic E-state index is 12.6. The van der Waals surface area contributed by atoms with Gasteiger partial charge in [-0.25, -0.2) is 15.1 Å². The molecule has 1 aliphatic heterocycles. The van der Waals surface area contributed by atoms with Crippen LogP contribution >= 0.6 is 0 Å². The first-order chi connectivity index (χ1) is 14.9. The molecule has 2 aromatic heterocycles. The molecule has 31 heavy (non-hydrogen) atoms. The highest BCUT2D eigenvalue weighted by Crippen LogP contribution is 2.28. The SMILES string of the molecule is O=c1[nH]nc(CCCCN2CCN(c3ncc(C(F)(F)F)cn3)CC2)c2ccccc12. The first kappa shape index (κ1) is 21.2. The summed E-state index contributed by atoms with van der Waals surface area (Å²) in [6, 6.07) is 7.48. The van der Waals surface area contributed by atoms with E-state index in [0.717, 1.165) is 62.4 Å². The van der Waals surface area contributed by atoms with Crippen molar-refractivity contribution in [2.45, 2.75) is 25.4 Å². The molecule has 0 aliphatic carbocycles. The van der Waals surface area contributed by atoms with Crippen LogP contribution in [0.1, 0.15) is 24.1 Å². The van der Waals surface area contributed by atoms with Crippen molar-refractivity contribution in [3.8, 4) is 0 Å². The van der Waals surface area contributed by atoms with Gasteiger partial charge in [0.1, 0.15) is 0 Å². The van der Waals surface area contributed by atoms with Crippen LogP contribution in [0, 0.1) is 0 Å². The quantitative estimate of drug-likeness (QED) is 0.604. The molecule has 3 aromatic rings. The molecular formula is C21H23F3N6O. The number of fused-ring (bicyclic) bond motifs is 1. The Labute approximate surface area is 176 Å². The van der Waals surface area contributed by atoms with Gasteiger partial charge in [0.2, 0.25) is 5.95 Å². The number of hydrogen-bond donors (Lipinski definition) is 1. The molecule has 0 radical (unpaired) electrons. The van der Waals surface area contributed by atoms with Crippen molar-refractivity contribution in [1.82, 2.24) is 25.1 Å². The van der Waals surface area contributed by atoms with Crippen molar-refractivity contribution in [2.75, 3.05) is 37.6 Å². The van der Waals surface area contributed by atoms with Crippen molar-refractivity contribution >= 4 is 16.7 Å². The minimum absolute atomic E-state index is 0.172. The summed E-state index contributed by atoms with van der Waals surface area (Å²) in [5, 5.41) is 8.34. The summed E-state index contributed by atoms with van der Waals surface area (Å²) in [6.07, 6.45) is -0.0194. The minimum Gasteiger partial charge on any atom is -0.338 e. The van der Waals surface area contributed by atoms with Crippen LogP contribution in [0.15, 0.2) is 41.5 Å². The van der Waals surface area contributed by atoms with Gasteiger partial charge >= 0.3 is 6.18 Å². The van der Waals surface area contributed by atoms with Gasteiger partial charge in [0, 0.05) is 44.0 Å². The number of nitrogens with one attached hydrogen (secondary N) is 1. The van der Waals surface area contributed by atoms with Crippen molar-refractivity contribution < 1.29 is 13.2 Å². The van der Waals surface area contributed by atoms with Crippen LogP contribution in [0.5, 0.6) is 0 Å². The van der Waals surface area contributed by atoms with Gasteiger partial charge < -0.3 is 4.90 Å². The van der Waals surface area contributed by atoms with Crippen LogP contribution < -0.4 is 10.5 Å². The molecule has 3 heterocycles. The Morgan fingerprint density at radius 3 is 2.32 bits per heavy atom. The molecule has 0 amide bonds. The van der Waals surface area contributed by atoms with E-state index in [0.29, 0.717) is 24.4 Å². The predicted molar refractivity (Wildman–Crippen MR) is 111 cm³/mol. The van der Waals surface area contributed by atoms with Gasteiger partial charge in [-0.2, -0.15) is 18.3 Å². The van der Waals surface area contributed by atoms with Crippen LogP contribution in [0.3, 0.4) is 0 Å². The van der Waals surface area contributed by atoms with Gasteiger partial charge in [0.25, 0.3) is 5.56 Å². The molecule has 0 bridgehead atoms. The fourth-order valence-electron chi connectivity index (χ4n) is 3.79. The number of aromatic nitrogens is 4. The predicted octanol–water partition coefficient (Wildman–Crippen LogP) is 2.88. The first-order valence-corrected chi connectivity index (χ1v) is 10.2. The monoisotopic (exact) mass is 432 g/mol. The second-order valence-corrected chi connectivity index (χ2v) is 7.60. The minimum atomic E-state index is -4.42. The zero-order chi connectivity index (χ0) is 21.8. The number of halogens is 3. The second kappa shape index (κ2) is 9.01. The van der Waals surface area contributed by atoms with Crippen LogP contribution in [0.2, 0.25) is 0 Å². The molecule has 1 saturated heterocycles. The number of aryl methyl sites for hydroxylation is 1. The number of aromatic amines is 1. The summed E-state index contributed by atoms with van der Waals surface area (Å²) < 4.78 is 37.9. The lowest BCUT2D eigenvalue weighted by atomic mass is 10.1. The van der Waals surface area contributed by atoms with Gasteiger partial charge in [0.05, 0.1) is 16.6 Å². The van der Waals surface area contributed by atoms with Crippen molar-refractivity contribution in [3.05, 3.63) is 58.3 Å². The van der Waals surface area contributed by atoms with Crippen molar-refractivity contribution in [2.24, 2.45) is 0 Å². The molecule has 1 N–H and O–H groups in total. The van der Waals surface area contributed by atoms with Gasteiger partial charge in [0.15, 0.2) is 0 Å². The number of unbranched alkanes of at least 4 members (excludes halogenated alkanes) is 1. The molecule has 0 unspecified atom stereocenters. The Morgan fingerprint density at radius 2 is 1.65 bits per heavy atom. The molecular weight excluding hydrogens is 409 g/mol. The van der Waals surface area contributed by atoms with Crippen LogP contribution in [-0.4, -0.2) is 57.8 Å². The van der Waals surface area contributed by atoms with E-state index >= 15 is 0 Å². The summed E-state index contributed by atoms with van der Waals surface area (Å²) in [5.41, 5.74) is -0.103. The molecule has 0 spiro atoms. The molecule has 1 fully saturated rings. The number of nitrogens with zero attached hydrogens (tertiary/aromatic N) is 5. The Balaban J connectivity index is 1.23. The third-order valence-electron chi connectivity index (χ3n) is 5.53. The van der Waals surface area contributed by atoms with Crippen molar-refractivity contribution in [1.29, 1.82) is 0 Å². The van der Waals surface area contributed by atoms with E-state index in [1.165, 1.54) is 0 Å². The number of benzene rings is 1. The number of H-pyrrole nitrogens is 1. The zero-order valence-electron chi connectivity index (χ0n) is 16.9. The smallest absolute Gasteiger partial charge is 0.338 e. The van der Waals surface area contributed by atoms with E-state index in [9.17, 15) is 18.0 Å². The second-order valence-electron chi connectivity index (χ2n) is 7.60. The highest BCUT2D eigenvalue weighted by molar-refractivity contribution is 5.83. The van der Waals surface area contributed by atoms with E-state index < -0.39 is 11.7 Å². The molecule has 164 valence electrons. The summed E-state index contributed by atoms with van der Waals surface area (Å²) in [5.74, 6) is 0.337. The van der Waals surface area contributed by atoms with E-state index in [1.807, 2.05) is 23.1 Å². The van der Waals surface area contributed by atoms with E-state index in [-0.39, 0.29) is 5.56 Å². The summed E-state index contributed by atoms with van der Waals surface area (Å²) in [6.45, 7) is 3.91. The molecule has 0 saturated carbocycles. The Hall–Kier alpha value is -3.01. The fraction of sp³-hybridized carbons (Fsp3) is 0.429. The molecule has 0 atom stereocenters. The van der Waals surface area contributed by atoms with Gasteiger partial charge in [-0.15, -0.1) is 0 Å². The third kappa shape index (κ3) is 5.01. The maximum absolute atomic E-state index is 12.6. The Morgan fingerprint density at radius 1 is 0.968 bits per heavy atom. The topological polar surface area (TPSA) is 78.0 Å². The first-order valence-electron chi connectivity index (χ1n) is 10.2. The lowest BCUT2D eigenvalue weighted by Crippen LogP contribution is -2.47.